The number of hydrogen-bond acceptors (Lipinski definition) is 3. The van der Waals surface area contributed by atoms with Crippen molar-refractivity contribution < 1.29 is 8.42 Å². The van der Waals surface area contributed by atoms with Crippen molar-refractivity contribution >= 4 is 39.2 Å². The Balaban J connectivity index is 2.34. The molecule has 1 aromatic rings. The highest BCUT2D eigenvalue weighted by atomic mass is 35.5. The van der Waals surface area contributed by atoms with Gasteiger partial charge in [-0.1, -0.05) is 23.2 Å². The highest BCUT2D eigenvalue weighted by Crippen LogP contribution is 2.24. The Bertz CT molecular complexity index is 643. The second-order valence-corrected chi connectivity index (χ2v) is 7.70. The van der Waals surface area contributed by atoms with Crippen molar-refractivity contribution in [2.24, 2.45) is 12.0 Å². The predicted octanol–water partition coefficient (Wildman–Crippen LogP) is 1.33. The van der Waals surface area contributed by atoms with Crippen LogP contribution in [0.4, 0.5) is 0 Å². The second-order valence-electron chi connectivity index (χ2n) is 4.84. The van der Waals surface area contributed by atoms with Crippen molar-refractivity contribution in [1.29, 1.82) is 0 Å². The topological polar surface area (TPSA) is 87.5 Å². The number of guanidine groups is 1. The number of rotatable bonds is 8. The van der Waals surface area contributed by atoms with E-state index in [-0.39, 0.29) is 5.75 Å². The summed E-state index contributed by atoms with van der Waals surface area (Å²) in [4.78, 5) is 4.11. The molecule has 0 atom stereocenters. The number of hydrogen-bond donors (Lipinski definition) is 3. The molecule has 0 saturated carbocycles. The maximum atomic E-state index is 11.3. The molecular formula is C13H23Cl2N5O2S. The molecule has 0 fully saturated rings. The van der Waals surface area contributed by atoms with E-state index in [9.17, 15) is 8.42 Å². The predicted molar refractivity (Wildman–Crippen MR) is 95.7 cm³/mol. The van der Waals surface area contributed by atoms with Crippen LogP contribution in [0, 0.1) is 0 Å². The maximum Gasteiger partial charge on any atom is 0.211 e. The SMILES string of the molecule is CCS(=O)(=O)NCCCNC(=NC)NCc1cc(Cl)c(Cl)n1C. The van der Waals surface area contributed by atoms with Gasteiger partial charge in [-0.3, -0.25) is 4.99 Å². The minimum atomic E-state index is -3.13. The van der Waals surface area contributed by atoms with Gasteiger partial charge < -0.3 is 15.2 Å². The lowest BCUT2D eigenvalue weighted by atomic mass is 10.4. The smallest absolute Gasteiger partial charge is 0.211 e. The molecule has 0 aliphatic carbocycles. The zero-order valence-electron chi connectivity index (χ0n) is 13.5. The molecule has 0 unspecified atom stereocenters. The third-order valence-corrected chi connectivity index (χ3v) is 5.47. The van der Waals surface area contributed by atoms with Gasteiger partial charge in [0.15, 0.2) is 5.96 Å². The lowest BCUT2D eigenvalue weighted by molar-refractivity contribution is 0.579. The average Bonchev–Trinajstić information content (AvgIpc) is 2.77. The number of aromatic nitrogens is 1. The number of nitrogens with zero attached hydrogens (tertiary/aromatic N) is 2. The van der Waals surface area contributed by atoms with E-state index in [1.165, 1.54) is 0 Å². The molecule has 1 rings (SSSR count). The van der Waals surface area contributed by atoms with Gasteiger partial charge in [0.05, 0.1) is 17.3 Å². The van der Waals surface area contributed by atoms with Crippen LogP contribution in [0.5, 0.6) is 0 Å². The van der Waals surface area contributed by atoms with Crippen LogP contribution in [-0.4, -0.2) is 44.8 Å². The first kappa shape index (κ1) is 20.1. The Labute approximate surface area is 147 Å². The van der Waals surface area contributed by atoms with Gasteiger partial charge in [0.2, 0.25) is 10.0 Å². The number of aliphatic imine (C=N–C) groups is 1. The van der Waals surface area contributed by atoms with Crippen molar-refractivity contribution in [2.75, 3.05) is 25.9 Å². The van der Waals surface area contributed by atoms with Crippen molar-refractivity contribution in [2.45, 2.75) is 19.9 Å². The summed E-state index contributed by atoms with van der Waals surface area (Å²) in [6.45, 7) is 3.11. The lowest BCUT2D eigenvalue weighted by Gasteiger charge is -2.12. The molecule has 23 heavy (non-hydrogen) atoms. The summed E-state index contributed by atoms with van der Waals surface area (Å²) in [6.07, 6.45) is 0.655. The molecular weight excluding hydrogens is 361 g/mol. The van der Waals surface area contributed by atoms with Gasteiger partial charge in [0, 0.05) is 32.9 Å². The minimum Gasteiger partial charge on any atom is -0.356 e. The van der Waals surface area contributed by atoms with Gasteiger partial charge in [-0.05, 0) is 19.4 Å². The number of sulfonamides is 1. The molecule has 0 aliphatic rings. The normalized spacial score (nSPS) is 12.5. The van der Waals surface area contributed by atoms with Gasteiger partial charge >= 0.3 is 0 Å². The Morgan fingerprint density at radius 3 is 2.52 bits per heavy atom. The summed E-state index contributed by atoms with van der Waals surface area (Å²) < 4.78 is 26.9. The molecule has 1 heterocycles. The highest BCUT2D eigenvalue weighted by molar-refractivity contribution is 7.89. The zero-order valence-corrected chi connectivity index (χ0v) is 15.8. The quantitative estimate of drug-likeness (QED) is 0.359. The fourth-order valence-electron chi connectivity index (χ4n) is 1.78. The molecule has 132 valence electrons. The van der Waals surface area contributed by atoms with E-state index < -0.39 is 10.0 Å². The van der Waals surface area contributed by atoms with Crippen LogP contribution < -0.4 is 15.4 Å². The Kier molecular flexibility index (Phi) is 8.18. The summed E-state index contributed by atoms with van der Waals surface area (Å²) in [6, 6.07) is 1.80. The van der Waals surface area contributed by atoms with E-state index in [4.69, 9.17) is 23.2 Å². The van der Waals surface area contributed by atoms with E-state index in [1.54, 1.807) is 24.6 Å². The largest absolute Gasteiger partial charge is 0.356 e. The van der Waals surface area contributed by atoms with Crippen molar-refractivity contribution in [3.8, 4) is 0 Å². The first-order valence-electron chi connectivity index (χ1n) is 7.22. The van der Waals surface area contributed by atoms with Gasteiger partial charge in [0.1, 0.15) is 5.15 Å². The third kappa shape index (κ3) is 6.58. The molecule has 0 aromatic carbocycles. The van der Waals surface area contributed by atoms with E-state index in [1.807, 2.05) is 7.05 Å². The highest BCUT2D eigenvalue weighted by Gasteiger charge is 2.09. The van der Waals surface area contributed by atoms with Crippen LogP contribution in [0.2, 0.25) is 10.2 Å². The monoisotopic (exact) mass is 383 g/mol. The third-order valence-electron chi connectivity index (χ3n) is 3.22. The fraction of sp³-hybridized carbons (Fsp3) is 0.615. The van der Waals surface area contributed by atoms with Crippen LogP contribution in [-0.2, 0) is 23.6 Å². The van der Waals surface area contributed by atoms with Crippen LogP contribution >= 0.6 is 23.2 Å². The molecule has 7 nitrogen and oxygen atoms in total. The standard InChI is InChI=1S/C13H23Cl2N5O2S/c1-4-23(21,22)19-7-5-6-17-13(16-2)18-9-10-8-11(14)12(15)20(10)3/h8,19H,4-7,9H2,1-3H3,(H2,16,17,18). The Hall–Kier alpha value is -0.960. The molecule has 3 N–H and O–H groups in total. The van der Waals surface area contributed by atoms with Crippen LogP contribution in [0.25, 0.3) is 0 Å². The van der Waals surface area contributed by atoms with Crippen molar-refractivity contribution in [1.82, 2.24) is 19.9 Å². The van der Waals surface area contributed by atoms with Crippen molar-refractivity contribution in [3.63, 3.8) is 0 Å². The van der Waals surface area contributed by atoms with Crippen molar-refractivity contribution in [3.05, 3.63) is 21.9 Å². The van der Waals surface area contributed by atoms with Crippen LogP contribution in [0.1, 0.15) is 19.0 Å². The van der Waals surface area contributed by atoms with Crippen LogP contribution in [0.15, 0.2) is 11.1 Å². The minimum absolute atomic E-state index is 0.0887. The summed E-state index contributed by atoms with van der Waals surface area (Å²) in [7, 11) is 0.371. The molecule has 0 spiro atoms. The molecule has 0 bridgehead atoms. The number of nitrogens with one attached hydrogen (secondary N) is 3. The molecule has 0 saturated heterocycles. The lowest BCUT2D eigenvalue weighted by Crippen LogP contribution is -2.38. The van der Waals surface area contributed by atoms with Gasteiger partial charge in [0.25, 0.3) is 0 Å². The average molecular weight is 384 g/mol. The Morgan fingerprint density at radius 1 is 1.30 bits per heavy atom. The number of halogens is 2. The van der Waals surface area contributed by atoms with E-state index in [0.29, 0.717) is 42.2 Å². The Morgan fingerprint density at radius 2 is 2.00 bits per heavy atom. The molecule has 0 radical (unpaired) electrons. The van der Waals surface area contributed by atoms with E-state index >= 15 is 0 Å². The first-order chi connectivity index (χ1) is 10.8. The molecule has 0 aliphatic heterocycles. The summed E-state index contributed by atoms with van der Waals surface area (Å²) >= 11 is 12.0. The molecule has 0 amide bonds. The summed E-state index contributed by atoms with van der Waals surface area (Å²) in [5, 5.41) is 7.27. The maximum absolute atomic E-state index is 11.3. The summed E-state index contributed by atoms with van der Waals surface area (Å²) in [5.74, 6) is 0.711. The zero-order chi connectivity index (χ0) is 17.5. The van der Waals surface area contributed by atoms with E-state index in [2.05, 4.69) is 20.3 Å². The molecule has 1 aromatic heterocycles. The van der Waals surface area contributed by atoms with Gasteiger partial charge in [-0.2, -0.15) is 0 Å². The summed E-state index contributed by atoms with van der Waals surface area (Å²) in [5.41, 5.74) is 0.929. The van der Waals surface area contributed by atoms with Crippen LogP contribution in [0.3, 0.4) is 0 Å². The molecule has 10 heteroatoms. The fourth-order valence-corrected chi connectivity index (χ4v) is 2.85. The second kappa shape index (κ2) is 9.36. The van der Waals surface area contributed by atoms with Gasteiger partial charge in [-0.15, -0.1) is 0 Å². The van der Waals surface area contributed by atoms with Gasteiger partial charge in [-0.25, -0.2) is 13.1 Å². The van der Waals surface area contributed by atoms with E-state index in [0.717, 1.165) is 5.69 Å². The first-order valence-corrected chi connectivity index (χ1v) is 9.63.